The van der Waals surface area contributed by atoms with Crippen molar-refractivity contribution in [2.24, 2.45) is 0 Å². The van der Waals surface area contributed by atoms with E-state index in [9.17, 15) is 10.1 Å². The number of hydrogen-bond donors (Lipinski definition) is 1. The van der Waals surface area contributed by atoms with E-state index in [-0.39, 0.29) is 12.3 Å². The van der Waals surface area contributed by atoms with Gasteiger partial charge in [-0.05, 0) is 19.1 Å². The minimum atomic E-state index is -0.428. The van der Waals surface area contributed by atoms with E-state index in [0.29, 0.717) is 22.1 Å². The fourth-order valence-electron chi connectivity index (χ4n) is 1.42. The average molecular weight is 265 g/mol. The Morgan fingerprint density at radius 1 is 1.56 bits per heavy atom. The predicted molar refractivity (Wildman–Crippen MR) is 68.7 cm³/mol. The molecular formula is C11H11N3O3S. The highest BCUT2D eigenvalue weighted by atomic mass is 32.1. The van der Waals surface area contributed by atoms with Crippen molar-refractivity contribution in [1.29, 1.82) is 0 Å². The van der Waals surface area contributed by atoms with Crippen LogP contribution in [0.2, 0.25) is 0 Å². The Morgan fingerprint density at radius 3 is 2.94 bits per heavy atom. The number of ether oxygens (including phenoxy) is 1. The van der Waals surface area contributed by atoms with Crippen molar-refractivity contribution in [3.05, 3.63) is 45.0 Å². The molecule has 0 aliphatic carbocycles. The van der Waals surface area contributed by atoms with Gasteiger partial charge in [-0.15, -0.1) is 11.3 Å². The number of aryl methyl sites for hydroxylation is 1. The second-order valence-electron chi connectivity index (χ2n) is 3.67. The fourth-order valence-corrected chi connectivity index (χ4v) is 1.97. The monoisotopic (exact) mass is 265 g/mol. The lowest BCUT2D eigenvalue weighted by molar-refractivity contribution is -0.385. The predicted octanol–water partition coefficient (Wildman–Crippen LogP) is 2.52. The third-order valence-corrected chi connectivity index (χ3v) is 3.06. The lowest BCUT2D eigenvalue weighted by Gasteiger charge is -2.05. The molecule has 0 spiro atoms. The van der Waals surface area contributed by atoms with Gasteiger partial charge in [0.1, 0.15) is 12.4 Å². The van der Waals surface area contributed by atoms with E-state index < -0.39 is 4.92 Å². The van der Waals surface area contributed by atoms with E-state index in [4.69, 9.17) is 10.5 Å². The fraction of sp³-hybridized carbons (Fsp3) is 0.182. The van der Waals surface area contributed by atoms with Crippen LogP contribution < -0.4 is 10.5 Å². The Hall–Kier alpha value is -2.15. The number of nitro groups is 1. The minimum absolute atomic E-state index is 0.0466. The Labute approximate surface area is 107 Å². The van der Waals surface area contributed by atoms with Crippen LogP contribution in [0.15, 0.2) is 23.6 Å². The van der Waals surface area contributed by atoms with Gasteiger partial charge in [0.25, 0.3) is 5.69 Å². The van der Waals surface area contributed by atoms with Gasteiger partial charge in [0.2, 0.25) is 0 Å². The zero-order valence-electron chi connectivity index (χ0n) is 9.62. The first-order valence-electron chi connectivity index (χ1n) is 5.14. The number of hydrogen-bond acceptors (Lipinski definition) is 6. The van der Waals surface area contributed by atoms with Crippen LogP contribution in [0.5, 0.6) is 5.75 Å². The first-order chi connectivity index (χ1) is 8.56. The molecule has 2 aromatic rings. The van der Waals surface area contributed by atoms with Crippen LogP contribution >= 0.6 is 11.3 Å². The summed E-state index contributed by atoms with van der Waals surface area (Å²) in [5, 5.41) is 13.0. The van der Waals surface area contributed by atoms with Crippen molar-refractivity contribution in [3.63, 3.8) is 0 Å². The summed E-state index contributed by atoms with van der Waals surface area (Å²) in [6.07, 6.45) is 0. The van der Waals surface area contributed by atoms with Gasteiger partial charge in [0, 0.05) is 10.9 Å². The van der Waals surface area contributed by atoms with E-state index in [0.717, 1.165) is 0 Å². The van der Waals surface area contributed by atoms with Crippen LogP contribution in [0.1, 0.15) is 11.3 Å². The number of rotatable bonds is 4. The van der Waals surface area contributed by atoms with Crippen molar-refractivity contribution < 1.29 is 9.66 Å². The Kier molecular flexibility index (Phi) is 3.42. The van der Waals surface area contributed by atoms with E-state index in [1.165, 1.54) is 17.4 Å². The zero-order valence-corrected chi connectivity index (χ0v) is 10.4. The largest absolute Gasteiger partial charge is 0.487 e. The molecule has 2 rings (SSSR count). The molecule has 94 valence electrons. The third kappa shape index (κ3) is 2.75. The first-order valence-corrected chi connectivity index (χ1v) is 6.02. The van der Waals surface area contributed by atoms with Gasteiger partial charge in [-0.25, -0.2) is 4.98 Å². The average Bonchev–Trinajstić information content (AvgIpc) is 2.74. The number of aromatic nitrogens is 1. The Balaban J connectivity index is 2.10. The van der Waals surface area contributed by atoms with Crippen LogP contribution in [0.25, 0.3) is 0 Å². The van der Waals surface area contributed by atoms with Crippen molar-refractivity contribution in [2.45, 2.75) is 13.5 Å². The molecule has 1 aromatic carbocycles. The molecule has 0 bridgehead atoms. The van der Waals surface area contributed by atoms with Gasteiger partial charge >= 0.3 is 0 Å². The normalized spacial score (nSPS) is 10.3. The highest BCUT2D eigenvalue weighted by molar-refractivity contribution is 7.13. The zero-order chi connectivity index (χ0) is 13.1. The number of anilines is 1. The van der Waals surface area contributed by atoms with Gasteiger partial charge in [-0.2, -0.15) is 0 Å². The molecule has 0 aliphatic heterocycles. The van der Waals surface area contributed by atoms with Crippen molar-refractivity contribution >= 4 is 22.2 Å². The molecule has 0 saturated heterocycles. The minimum Gasteiger partial charge on any atom is -0.487 e. The Morgan fingerprint density at radius 2 is 2.33 bits per heavy atom. The van der Waals surface area contributed by atoms with Crippen molar-refractivity contribution in [3.8, 4) is 5.75 Å². The molecule has 6 nitrogen and oxygen atoms in total. The van der Waals surface area contributed by atoms with Crippen LogP contribution in [-0.2, 0) is 6.61 Å². The highest BCUT2D eigenvalue weighted by Crippen LogP contribution is 2.24. The number of nitrogens with zero attached hydrogens (tertiary/aromatic N) is 2. The third-order valence-electron chi connectivity index (χ3n) is 2.33. The lowest BCUT2D eigenvalue weighted by Crippen LogP contribution is -1.98. The van der Waals surface area contributed by atoms with Crippen LogP contribution in [0, 0.1) is 17.0 Å². The van der Waals surface area contributed by atoms with E-state index in [2.05, 4.69) is 4.98 Å². The van der Waals surface area contributed by atoms with Gasteiger partial charge in [0.15, 0.2) is 5.13 Å². The standard InChI is InChI=1S/C11H11N3O3S/c1-7-2-3-9(4-10(7)14(15)16)17-5-8-6-18-11(12)13-8/h2-4,6H,5H2,1H3,(H2,12,13). The molecule has 1 heterocycles. The number of thiazole rings is 1. The molecule has 0 saturated carbocycles. The summed E-state index contributed by atoms with van der Waals surface area (Å²) < 4.78 is 5.44. The molecule has 0 aliphatic rings. The van der Waals surface area contributed by atoms with E-state index in [1.807, 2.05) is 0 Å². The molecule has 0 unspecified atom stereocenters. The maximum absolute atomic E-state index is 10.8. The summed E-state index contributed by atoms with van der Waals surface area (Å²) in [5.41, 5.74) is 6.85. The topological polar surface area (TPSA) is 91.3 Å². The number of nitro benzene ring substituents is 1. The van der Waals surface area contributed by atoms with Crippen LogP contribution in [-0.4, -0.2) is 9.91 Å². The maximum atomic E-state index is 10.8. The lowest BCUT2D eigenvalue weighted by atomic mass is 10.2. The van der Waals surface area contributed by atoms with Gasteiger partial charge in [-0.3, -0.25) is 10.1 Å². The highest BCUT2D eigenvalue weighted by Gasteiger charge is 2.11. The molecule has 18 heavy (non-hydrogen) atoms. The molecule has 0 fully saturated rings. The smallest absolute Gasteiger partial charge is 0.276 e. The molecular weight excluding hydrogens is 254 g/mol. The van der Waals surface area contributed by atoms with Crippen molar-refractivity contribution in [2.75, 3.05) is 5.73 Å². The molecule has 0 atom stereocenters. The summed E-state index contributed by atoms with van der Waals surface area (Å²) in [7, 11) is 0. The van der Waals surface area contributed by atoms with Crippen LogP contribution in [0.3, 0.4) is 0 Å². The Bertz CT molecular complexity index is 583. The quantitative estimate of drug-likeness (QED) is 0.677. The second kappa shape index (κ2) is 5.01. The number of nitrogens with two attached hydrogens (primary N) is 1. The van der Waals surface area contributed by atoms with E-state index >= 15 is 0 Å². The molecule has 0 radical (unpaired) electrons. The summed E-state index contributed by atoms with van der Waals surface area (Å²) in [6, 6.07) is 4.76. The molecule has 0 amide bonds. The number of benzene rings is 1. The summed E-state index contributed by atoms with van der Waals surface area (Å²) >= 11 is 1.33. The summed E-state index contributed by atoms with van der Waals surface area (Å²) in [6.45, 7) is 1.93. The van der Waals surface area contributed by atoms with Crippen molar-refractivity contribution in [1.82, 2.24) is 4.98 Å². The van der Waals surface area contributed by atoms with Crippen LogP contribution in [0.4, 0.5) is 10.8 Å². The maximum Gasteiger partial charge on any atom is 0.276 e. The molecule has 1 aromatic heterocycles. The SMILES string of the molecule is Cc1ccc(OCc2csc(N)n2)cc1[N+](=O)[O-]. The van der Waals surface area contributed by atoms with Gasteiger partial charge < -0.3 is 10.5 Å². The van der Waals surface area contributed by atoms with E-state index in [1.54, 1.807) is 24.4 Å². The summed E-state index contributed by atoms with van der Waals surface area (Å²) in [4.78, 5) is 14.4. The van der Waals surface area contributed by atoms with Gasteiger partial charge in [-0.1, -0.05) is 0 Å². The summed E-state index contributed by atoms with van der Waals surface area (Å²) in [5.74, 6) is 0.443. The molecule has 7 heteroatoms. The van der Waals surface area contributed by atoms with Gasteiger partial charge in [0.05, 0.1) is 16.7 Å². The first kappa shape index (κ1) is 12.3. The number of nitrogen functional groups attached to an aromatic ring is 1. The molecule has 2 N–H and O–H groups in total. The second-order valence-corrected chi connectivity index (χ2v) is 4.56.